The Kier molecular flexibility index (Phi) is 9.19. The molecule has 1 amide bonds. The Bertz CT molecular complexity index is 1790. The minimum Gasteiger partial charge on any atom is -0.507 e. The van der Waals surface area contributed by atoms with E-state index in [-0.39, 0.29) is 21.3 Å². The number of methoxy groups -OCH3 is 2. The molecule has 0 saturated carbocycles. The van der Waals surface area contributed by atoms with Gasteiger partial charge in [-0.25, -0.2) is 9.78 Å². The molecule has 2 heterocycles. The van der Waals surface area contributed by atoms with E-state index >= 15 is 0 Å². The quantitative estimate of drug-likeness (QED) is 0.0952. The lowest BCUT2D eigenvalue weighted by Gasteiger charge is -2.24. The van der Waals surface area contributed by atoms with Crippen molar-refractivity contribution in [3.8, 4) is 17.2 Å². The number of aliphatic hydroxyl groups is 1. The van der Waals surface area contributed by atoms with E-state index in [0.717, 1.165) is 22.5 Å². The normalized spacial score (nSPS) is 15.7. The molecule has 0 bridgehead atoms. The van der Waals surface area contributed by atoms with Gasteiger partial charge in [-0.2, -0.15) is 0 Å². The van der Waals surface area contributed by atoms with Crippen LogP contribution in [0.4, 0.5) is 5.13 Å². The van der Waals surface area contributed by atoms with Gasteiger partial charge in [-0.1, -0.05) is 41.7 Å². The first-order chi connectivity index (χ1) is 21.7. The number of nitrogens with zero attached hydrogens (tertiary/aromatic N) is 2. The Morgan fingerprint density at radius 3 is 2.38 bits per heavy atom. The number of amides is 1. The molecule has 0 aliphatic carbocycles. The SMILES string of the molecule is CCOc1ccc(C2C(=C(O)c3ccc(OCc4ccccc4C)cc3)C(=O)C(=O)N2c2nc(C)c(C(=O)OC)s2)cc1OC. The highest BCUT2D eigenvalue weighted by atomic mass is 32.1. The summed E-state index contributed by atoms with van der Waals surface area (Å²) in [7, 11) is 2.73. The van der Waals surface area contributed by atoms with Crippen molar-refractivity contribution in [2.45, 2.75) is 33.4 Å². The van der Waals surface area contributed by atoms with Crippen LogP contribution in [0.1, 0.15) is 50.6 Å². The van der Waals surface area contributed by atoms with E-state index in [0.29, 0.717) is 47.3 Å². The largest absolute Gasteiger partial charge is 0.507 e. The van der Waals surface area contributed by atoms with Gasteiger partial charge >= 0.3 is 11.9 Å². The Hall–Kier alpha value is -5.16. The highest BCUT2D eigenvalue weighted by molar-refractivity contribution is 7.17. The summed E-state index contributed by atoms with van der Waals surface area (Å²) in [5.74, 6) is -1.38. The van der Waals surface area contributed by atoms with E-state index in [9.17, 15) is 19.5 Å². The molecule has 1 unspecified atom stereocenters. The first-order valence-corrected chi connectivity index (χ1v) is 14.9. The number of thiazole rings is 1. The second-order valence-corrected chi connectivity index (χ2v) is 11.1. The number of aromatic nitrogens is 1. The molecule has 0 radical (unpaired) electrons. The van der Waals surface area contributed by atoms with Crippen LogP contribution in [-0.2, 0) is 20.9 Å². The number of carbonyl (C=O) groups excluding carboxylic acids is 3. The van der Waals surface area contributed by atoms with Crippen LogP contribution in [0, 0.1) is 13.8 Å². The van der Waals surface area contributed by atoms with E-state index in [1.165, 1.54) is 19.1 Å². The fourth-order valence-electron chi connectivity index (χ4n) is 5.04. The maximum absolute atomic E-state index is 13.6. The topological polar surface area (TPSA) is 124 Å². The van der Waals surface area contributed by atoms with E-state index in [2.05, 4.69) is 4.98 Å². The number of hydrogen-bond acceptors (Lipinski definition) is 10. The number of benzene rings is 3. The highest BCUT2D eigenvalue weighted by Gasteiger charge is 2.48. The molecular formula is C34H32N2O8S. The van der Waals surface area contributed by atoms with Gasteiger partial charge in [0.25, 0.3) is 5.78 Å². The number of aliphatic hydroxyl groups excluding tert-OH is 1. The average molecular weight is 629 g/mol. The number of hydrogen-bond donors (Lipinski definition) is 1. The monoisotopic (exact) mass is 628 g/mol. The lowest BCUT2D eigenvalue weighted by atomic mass is 9.95. The number of Topliss-reactive ketones (excluding diaryl/α,β-unsaturated/α-hetero) is 1. The third-order valence-electron chi connectivity index (χ3n) is 7.39. The summed E-state index contributed by atoms with van der Waals surface area (Å²) >= 11 is 0.921. The minimum atomic E-state index is -1.09. The van der Waals surface area contributed by atoms with Gasteiger partial charge < -0.3 is 24.1 Å². The molecule has 1 fully saturated rings. The van der Waals surface area contributed by atoms with Gasteiger partial charge in [0.05, 0.1) is 38.1 Å². The van der Waals surface area contributed by atoms with Crippen molar-refractivity contribution in [3.63, 3.8) is 0 Å². The molecule has 5 rings (SSSR count). The van der Waals surface area contributed by atoms with Gasteiger partial charge in [-0.3, -0.25) is 14.5 Å². The predicted octanol–water partition coefficient (Wildman–Crippen LogP) is 6.16. The Balaban J connectivity index is 1.58. The first kappa shape index (κ1) is 31.3. The van der Waals surface area contributed by atoms with Gasteiger partial charge in [0, 0.05) is 5.56 Å². The molecule has 1 N–H and O–H groups in total. The molecule has 11 heteroatoms. The number of esters is 1. The Morgan fingerprint density at radius 2 is 1.71 bits per heavy atom. The number of rotatable bonds is 10. The van der Waals surface area contributed by atoms with Crippen LogP contribution in [0.25, 0.3) is 5.76 Å². The van der Waals surface area contributed by atoms with Crippen LogP contribution in [0.15, 0.2) is 72.3 Å². The summed E-state index contributed by atoms with van der Waals surface area (Å²) in [6.45, 7) is 6.22. The number of anilines is 1. The summed E-state index contributed by atoms with van der Waals surface area (Å²) in [5.41, 5.74) is 3.12. The minimum absolute atomic E-state index is 0.104. The lowest BCUT2D eigenvalue weighted by Crippen LogP contribution is -2.29. The van der Waals surface area contributed by atoms with Crippen LogP contribution >= 0.6 is 11.3 Å². The van der Waals surface area contributed by atoms with Crippen molar-refractivity contribution in [3.05, 3.63) is 105 Å². The molecule has 0 spiro atoms. The zero-order chi connectivity index (χ0) is 32.2. The molecular weight excluding hydrogens is 596 g/mol. The second kappa shape index (κ2) is 13.2. The Labute approximate surface area is 264 Å². The Morgan fingerprint density at radius 1 is 0.978 bits per heavy atom. The van der Waals surface area contributed by atoms with E-state index in [4.69, 9.17) is 18.9 Å². The van der Waals surface area contributed by atoms with E-state index in [1.807, 2.05) is 38.1 Å². The molecule has 10 nitrogen and oxygen atoms in total. The maximum atomic E-state index is 13.6. The number of carbonyl (C=O) groups is 3. The zero-order valence-corrected chi connectivity index (χ0v) is 26.3. The van der Waals surface area contributed by atoms with Gasteiger partial charge in [0.1, 0.15) is 23.0 Å². The smallest absolute Gasteiger partial charge is 0.350 e. The third-order valence-corrected chi connectivity index (χ3v) is 8.53. The van der Waals surface area contributed by atoms with Crippen LogP contribution < -0.4 is 19.1 Å². The third kappa shape index (κ3) is 6.12. The zero-order valence-electron chi connectivity index (χ0n) is 25.5. The van der Waals surface area contributed by atoms with Crippen molar-refractivity contribution < 1.29 is 38.4 Å². The lowest BCUT2D eigenvalue weighted by molar-refractivity contribution is -0.132. The highest BCUT2D eigenvalue weighted by Crippen LogP contribution is 2.45. The average Bonchev–Trinajstić information content (AvgIpc) is 3.56. The van der Waals surface area contributed by atoms with Crippen molar-refractivity contribution in [2.24, 2.45) is 0 Å². The summed E-state index contributed by atoms with van der Waals surface area (Å²) in [6, 6.07) is 18.4. The summed E-state index contributed by atoms with van der Waals surface area (Å²) in [5, 5.41) is 11.7. The van der Waals surface area contributed by atoms with Crippen molar-refractivity contribution in [2.75, 3.05) is 25.7 Å². The van der Waals surface area contributed by atoms with Gasteiger partial charge in [0.15, 0.2) is 16.6 Å². The molecule has 232 valence electrons. The van der Waals surface area contributed by atoms with Gasteiger partial charge in [-0.05, 0) is 73.9 Å². The van der Waals surface area contributed by atoms with Crippen LogP contribution in [0.3, 0.4) is 0 Å². The van der Waals surface area contributed by atoms with Crippen molar-refractivity contribution >= 4 is 39.9 Å². The van der Waals surface area contributed by atoms with Gasteiger partial charge in [0.2, 0.25) is 0 Å². The number of aryl methyl sites for hydroxylation is 2. The van der Waals surface area contributed by atoms with E-state index < -0.39 is 23.7 Å². The van der Waals surface area contributed by atoms with Crippen LogP contribution in [0.5, 0.6) is 17.2 Å². The molecule has 1 atom stereocenters. The van der Waals surface area contributed by atoms with E-state index in [1.54, 1.807) is 49.4 Å². The molecule has 1 aliphatic rings. The van der Waals surface area contributed by atoms with Crippen LogP contribution in [0.2, 0.25) is 0 Å². The fraction of sp³-hybridized carbons (Fsp3) is 0.235. The number of ether oxygens (including phenoxy) is 4. The molecule has 4 aromatic rings. The molecule has 1 aliphatic heterocycles. The molecule has 45 heavy (non-hydrogen) atoms. The van der Waals surface area contributed by atoms with Crippen molar-refractivity contribution in [1.29, 1.82) is 0 Å². The predicted molar refractivity (Wildman–Crippen MR) is 169 cm³/mol. The molecule has 1 aromatic heterocycles. The molecule has 3 aromatic carbocycles. The second-order valence-electron chi connectivity index (χ2n) is 10.2. The maximum Gasteiger partial charge on any atom is 0.350 e. The summed E-state index contributed by atoms with van der Waals surface area (Å²) < 4.78 is 22.0. The summed E-state index contributed by atoms with van der Waals surface area (Å²) in [6.07, 6.45) is 0. The molecule has 1 saturated heterocycles. The fourth-order valence-corrected chi connectivity index (χ4v) is 6.05. The number of ketones is 1. The van der Waals surface area contributed by atoms with Crippen molar-refractivity contribution in [1.82, 2.24) is 4.98 Å². The van der Waals surface area contributed by atoms with Crippen LogP contribution in [-0.4, -0.2) is 48.6 Å². The summed E-state index contributed by atoms with van der Waals surface area (Å²) in [4.78, 5) is 45.4. The standard InChI is InChI=1S/C34H32N2O8S/c1-6-43-25-16-13-22(17-26(25)41-4)28-27(30(38)32(39)36(28)34-35-20(3)31(45-34)33(40)42-5)29(37)21-11-14-24(15-12-21)44-18-23-10-8-7-9-19(23)2/h7-17,28,37H,6,18H2,1-5H3. The van der Waals surface area contributed by atoms with Gasteiger partial charge in [-0.15, -0.1) is 0 Å². The first-order valence-electron chi connectivity index (χ1n) is 14.1.